The smallest absolute Gasteiger partial charge is 0.323 e. The number of piperidine rings is 1. The Kier molecular flexibility index (Phi) is 6.33. The number of hydrogen-bond acceptors (Lipinski definition) is 4. The molecule has 0 aliphatic carbocycles. The Labute approximate surface area is 156 Å². The lowest BCUT2D eigenvalue weighted by atomic mass is 9.96. The molecule has 0 unspecified atom stereocenters. The molecule has 0 saturated carbocycles. The van der Waals surface area contributed by atoms with E-state index in [0.717, 1.165) is 12.5 Å². The lowest BCUT2D eigenvalue weighted by molar-refractivity contribution is -0.150. The molecule has 0 bridgehead atoms. The number of morpholine rings is 1. The van der Waals surface area contributed by atoms with Gasteiger partial charge in [-0.15, -0.1) is 0 Å². The summed E-state index contributed by atoms with van der Waals surface area (Å²) in [5.41, 5.74) is 5.19. The number of aryl methyl sites for hydroxylation is 2. The maximum Gasteiger partial charge on any atom is 0.323 e. The molecule has 144 valence electrons. The van der Waals surface area contributed by atoms with Crippen molar-refractivity contribution in [3.63, 3.8) is 0 Å². The van der Waals surface area contributed by atoms with E-state index in [0.29, 0.717) is 19.7 Å². The average molecular weight is 360 g/mol. The van der Waals surface area contributed by atoms with E-state index in [1.54, 1.807) is 0 Å². The molecule has 0 amide bonds. The van der Waals surface area contributed by atoms with Crippen LogP contribution >= 0.6 is 0 Å². The maximum atomic E-state index is 11.5. The predicted molar refractivity (Wildman–Crippen MR) is 102 cm³/mol. The quantitative estimate of drug-likeness (QED) is 0.875. The van der Waals surface area contributed by atoms with Crippen LogP contribution < -0.4 is 0 Å². The highest BCUT2D eigenvalue weighted by Gasteiger charge is 2.29. The van der Waals surface area contributed by atoms with Crippen LogP contribution in [0, 0.1) is 19.8 Å². The van der Waals surface area contributed by atoms with Gasteiger partial charge in [-0.25, -0.2) is 0 Å². The summed E-state index contributed by atoms with van der Waals surface area (Å²) in [5, 5.41) is 9.46. The van der Waals surface area contributed by atoms with Crippen molar-refractivity contribution in [1.82, 2.24) is 9.80 Å². The highest BCUT2D eigenvalue weighted by atomic mass is 16.5. The molecule has 2 aliphatic heterocycles. The van der Waals surface area contributed by atoms with Crippen LogP contribution in [-0.2, 0) is 22.6 Å². The molecular weight excluding hydrogens is 328 g/mol. The number of carboxylic acid groups (broad SMARTS) is 1. The third-order valence-corrected chi connectivity index (χ3v) is 5.96. The summed E-state index contributed by atoms with van der Waals surface area (Å²) in [7, 11) is 0. The molecule has 1 aromatic carbocycles. The maximum absolute atomic E-state index is 11.5. The molecule has 3 rings (SSSR count). The van der Waals surface area contributed by atoms with Crippen LogP contribution in [0.15, 0.2) is 12.1 Å². The molecule has 2 saturated heterocycles. The van der Waals surface area contributed by atoms with Gasteiger partial charge in [-0.1, -0.05) is 19.1 Å². The van der Waals surface area contributed by atoms with Crippen LogP contribution in [0.4, 0.5) is 0 Å². The molecule has 5 heteroatoms. The highest BCUT2D eigenvalue weighted by Crippen LogP contribution is 2.23. The Morgan fingerprint density at radius 1 is 1.12 bits per heavy atom. The number of rotatable bonds is 5. The van der Waals surface area contributed by atoms with Crippen LogP contribution in [0.2, 0.25) is 0 Å². The van der Waals surface area contributed by atoms with E-state index in [2.05, 4.69) is 37.8 Å². The average Bonchev–Trinajstić information content (AvgIpc) is 2.61. The van der Waals surface area contributed by atoms with E-state index in [1.165, 1.54) is 48.2 Å². The lowest BCUT2D eigenvalue weighted by Crippen LogP contribution is -2.49. The predicted octanol–water partition coefficient (Wildman–Crippen LogP) is 2.82. The third-order valence-electron chi connectivity index (χ3n) is 5.96. The standard InChI is InChI=1S/C21H32N2O3/c1-15-4-6-22(7-5-15)12-18-11-19(17(3)10-16(18)2)13-23-8-9-26-14-20(23)21(24)25/h10-11,15,20H,4-9,12-14H2,1-3H3,(H,24,25)/t20-/m1/s1. The topological polar surface area (TPSA) is 53.0 Å². The number of hydrogen-bond donors (Lipinski definition) is 1. The summed E-state index contributed by atoms with van der Waals surface area (Å²) in [6, 6.07) is 4.02. The van der Waals surface area contributed by atoms with Gasteiger partial charge in [0.05, 0.1) is 13.2 Å². The van der Waals surface area contributed by atoms with Crippen LogP contribution in [0.1, 0.15) is 42.0 Å². The first-order valence-corrected chi connectivity index (χ1v) is 9.80. The first kappa shape index (κ1) is 19.3. The lowest BCUT2D eigenvalue weighted by Gasteiger charge is -2.34. The van der Waals surface area contributed by atoms with Gasteiger partial charge in [0.25, 0.3) is 0 Å². The largest absolute Gasteiger partial charge is 0.480 e. The molecule has 1 atom stereocenters. The molecular formula is C21H32N2O3. The van der Waals surface area contributed by atoms with Crippen molar-refractivity contribution < 1.29 is 14.6 Å². The fourth-order valence-corrected chi connectivity index (χ4v) is 4.02. The van der Waals surface area contributed by atoms with Gasteiger partial charge in [0.15, 0.2) is 0 Å². The van der Waals surface area contributed by atoms with Crippen molar-refractivity contribution >= 4 is 5.97 Å². The van der Waals surface area contributed by atoms with Crippen molar-refractivity contribution in [2.45, 2.75) is 52.7 Å². The van der Waals surface area contributed by atoms with Gasteiger partial charge in [-0.3, -0.25) is 14.6 Å². The second kappa shape index (κ2) is 8.51. The normalized spacial score (nSPS) is 23.3. The minimum Gasteiger partial charge on any atom is -0.480 e. The third kappa shape index (κ3) is 4.64. The van der Waals surface area contributed by atoms with E-state index in [1.807, 2.05) is 4.90 Å². The summed E-state index contributed by atoms with van der Waals surface area (Å²) in [4.78, 5) is 16.1. The van der Waals surface area contributed by atoms with E-state index in [4.69, 9.17) is 4.74 Å². The molecule has 0 spiro atoms. The van der Waals surface area contributed by atoms with Crippen molar-refractivity contribution in [2.75, 3.05) is 32.8 Å². The van der Waals surface area contributed by atoms with Gasteiger partial charge in [0.2, 0.25) is 0 Å². The number of ether oxygens (including phenoxy) is 1. The first-order chi connectivity index (χ1) is 12.4. The Balaban J connectivity index is 1.73. The Hall–Kier alpha value is -1.43. The Morgan fingerprint density at radius 2 is 1.77 bits per heavy atom. The fraction of sp³-hybridized carbons (Fsp3) is 0.667. The van der Waals surface area contributed by atoms with Crippen LogP contribution in [0.5, 0.6) is 0 Å². The van der Waals surface area contributed by atoms with E-state index < -0.39 is 12.0 Å². The van der Waals surface area contributed by atoms with Crippen molar-refractivity contribution in [1.29, 1.82) is 0 Å². The zero-order valence-corrected chi connectivity index (χ0v) is 16.3. The number of carbonyl (C=O) groups is 1. The second-order valence-electron chi connectivity index (χ2n) is 8.06. The number of aliphatic carboxylic acids is 1. The number of carboxylic acids is 1. The minimum absolute atomic E-state index is 0.277. The summed E-state index contributed by atoms with van der Waals surface area (Å²) in [5.74, 6) is 0.0484. The molecule has 2 heterocycles. The zero-order chi connectivity index (χ0) is 18.7. The van der Waals surface area contributed by atoms with E-state index in [-0.39, 0.29) is 6.61 Å². The van der Waals surface area contributed by atoms with Gasteiger partial charge in [0, 0.05) is 19.6 Å². The molecule has 0 aromatic heterocycles. The van der Waals surface area contributed by atoms with Gasteiger partial charge in [-0.05, 0) is 68.0 Å². The van der Waals surface area contributed by atoms with Crippen molar-refractivity contribution in [2.24, 2.45) is 5.92 Å². The van der Waals surface area contributed by atoms with Crippen molar-refractivity contribution in [3.05, 3.63) is 34.4 Å². The number of likely N-dealkylation sites (tertiary alicyclic amines) is 1. The van der Waals surface area contributed by atoms with Gasteiger partial charge in [0.1, 0.15) is 6.04 Å². The Bertz CT molecular complexity index is 638. The molecule has 26 heavy (non-hydrogen) atoms. The van der Waals surface area contributed by atoms with Crippen molar-refractivity contribution in [3.8, 4) is 0 Å². The molecule has 2 fully saturated rings. The van der Waals surface area contributed by atoms with Gasteiger partial charge in [-0.2, -0.15) is 0 Å². The molecule has 0 radical (unpaired) electrons. The SMILES string of the molecule is Cc1cc(C)c(CN2CCOC[C@@H]2C(=O)O)cc1CN1CCC(C)CC1. The van der Waals surface area contributed by atoms with E-state index >= 15 is 0 Å². The number of nitrogens with zero attached hydrogens (tertiary/aromatic N) is 2. The molecule has 2 aliphatic rings. The number of benzene rings is 1. The summed E-state index contributed by atoms with van der Waals surface area (Å²) in [6.45, 7) is 12.2. The molecule has 1 N–H and O–H groups in total. The second-order valence-corrected chi connectivity index (χ2v) is 8.06. The minimum atomic E-state index is -0.794. The van der Waals surface area contributed by atoms with Crippen LogP contribution in [-0.4, -0.2) is 59.8 Å². The summed E-state index contributed by atoms with van der Waals surface area (Å²) in [6.07, 6.45) is 2.57. The van der Waals surface area contributed by atoms with Gasteiger partial charge >= 0.3 is 5.97 Å². The zero-order valence-electron chi connectivity index (χ0n) is 16.3. The van der Waals surface area contributed by atoms with Crippen LogP contribution in [0.3, 0.4) is 0 Å². The highest BCUT2D eigenvalue weighted by molar-refractivity contribution is 5.73. The summed E-state index contributed by atoms with van der Waals surface area (Å²) >= 11 is 0. The first-order valence-electron chi connectivity index (χ1n) is 9.80. The Morgan fingerprint density at radius 3 is 2.42 bits per heavy atom. The van der Waals surface area contributed by atoms with Gasteiger partial charge < -0.3 is 9.84 Å². The molecule has 1 aromatic rings. The fourth-order valence-electron chi connectivity index (χ4n) is 4.02. The molecule has 5 nitrogen and oxygen atoms in total. The summed E-state index contributed by atoms with van der Waals surface area (Å²) < 4.78 is 5.36. The van der Waals surface area contributed by atoms with Crippen LogP contribution in [0.25, 0.3) is 0 Å². The monoisotopic (exact) mass is 360 g/mol. The van der Waals surface area contributed by atoms with E-state index in [9.17, 15) is 9.90 Å².